The van der Waals surface area contributed by atoms with E-state index in [1.807, 2.05) is 0 Å². The van der Waals surface area contributed by atoms with Crippen LogP contribution in [0.2, 0.25) is 0 Å². The Balaban J connectivity index is 1.84. The highest BCUT2D eigenvalue weighted by atomic mass is 32.2. The highest BCUT2D eigenvalue weighted by Gasteiger charge is 2.17. The van der Waals surface area contributed by atoms with Crippen molar-refractivity contribution in [3.05, 3.63) is 35.9 Å². The van der Waals surface area contributed by atoms with Gasteiger partial charge in [-0.15, -0.1) is 0 Å². The van der Waals surface area contributed by atoms with Gasteiger partial charge in [0.25, 0.3) is 0 Å². The first-order valence-corrected chi connectivity index (χ1v) is 7.90. The Bertz CT molecular complexity index is 342. The van der Waals surface area contributed by atoms with Gasteiger partial charge in [0, 0.05) is 36.7 Å². The average molecular weight is 264 g/mol. The minimum atomic E-state index is 0.482. The summed E-state index contributed by atoms with van der Waals surface area (Å²) in [5.74, 6) is 1.29. The lowest BCUT2D eigenvalue weighted by Gasteiger charge is -2.31. The molecule has 0 radical (unpaired) electrons. The van der Waals surface area contributed by atoms with Crippen LogP contribution in [0.25, 0.3) is 0 Å². The van der Waals surface area contributed by atoms with E-state index in [9.17, 15) is 0 Å². The summed E-state index contributed by atoms with van der Waals surface area (Å²) >= 11 is 2.10. The zero-order valence-corrected chi connectivity index (χ0v) is 12.2. The van der Waals surface area contributed by atoms with E-state index in [0.717, 1.165) is 5.25 Å². The number of benzene rings is 1. The van der Waals surface area contributed by atoms with Crippen molar-refractivity contribution in [1.29, 1.82) is 0 Å². The maximum absolute atomic E-state index is 3.44. The molecule has 18 heavy (non-hydrogen) atoms. The van der Waals surface area contributed by atoms with Crippen molar-refractivity contribution >= 4 is 11.8 Å². The van der Waals surface area contributed by atoms with Crippen LogP contribution in [0.5, 0.6) is 0 Å². The quantitative estimate of drug-likeness (QED) is 0.880. The summed E-state index contributed by atoms with van der Waals surface area (Å²) in [5, 5.41) is 4.23. The lowest BCUT2D eigenvalue weighted by atomic mass is 10.0. The van der Waals surface area contributed by atoms with Crippen molar-refractivity contribution in [3.63, 3.8) is 0 Å². The fourth-order valence-corrected chi connectivity index (χ4v) is 3.65. The number of nitrogens with zero attached hydrogens (tertiary/aromatic N) is 1. The number of thioether (sulfide) groups is 1. The zero-order valence-electron chi connectivity index (χ0n) is 11.4. The number of hydrogen-bond acceptors (Lipinski definition) is 3. The van der Waals surface area contributed by atoms with Gasteiger partial charge in [0.2, 0.25) is 0 Å². The molecule has 0 bridgehead atoms. The summed E-state index contributed by atoms with van der Waals surface area (Å²) < 4.78 is 0. The lowest BCUT2D eigenvalue weighted by molar-refractivity contribution is 0.269. The Morgan fingerprint density at radius 1 is 1.39 bits per heavy atom. The Morgan fingerprint density at radius 2 is 2.17 bits per heavy atom. The summed E-state index contributed by atoms with van der Waals surface area (Å²) in [7, 11) is 2.06. The molecule has 1 saturated heterocycles. The molecule has 0 saturated carbocycles. The maximum atomic E-state index is 3.44. The monoisotopic (exact) mass is 264 g/mol. The second-order valence-corrected chi connectivity index (χ2v) is 6.57. The zero-order chi connectivity index (χ0) is 12.8. The van der Waals surface area contributed by atoms with Gasteiger partial charge in [-0.1, -0.05) is 37.3 Å². The molecule has 0 spiro atoms. The molecule has 2 rings (SSSR count). The van der Waals surface area contributed by atoms with Crippen LogP contribution < -0.4 is 5.32 Å². The molecule has 0 aliphatic carbocycles. The van der Waals surface area contributed by atoms with Gasteiger partial charge in [0.15, 0.2) is 0 Å². The third-order valence-electron chi connectivity index (χ3n) is 3.61. The fraction of sp³-hybridized carbons (Fsp3) is 0.600. The topological polar surface area (TPSA) is 15.3 Å². The van der Waals surface area contributed by atoms with E-state index in [1.165, 1.54) is 37.4 Å². The number of nitrogens with one attached hydrogen (secondary N) is 1. The van der Waals surface area contributed by atoms with Gasteiger partial charge in [-0.2, -0.15) is 11.8 Å². The third-order valence-corrected chi connectivity index (χ3v) is 4.75. The van der Waals surface area contributed by atoms with Crippen LogP contribution in [-0.4, -0.2) is 42.6 Å². The molecule has 1 heterocycles. The van der Waals surface area contributed by atoms with Crippen LogP contribution in [0.4, 0.5) is 0 Å². The highest BCUT2D eigenvalue weighted by Crippen LogP contribution is 2.20. The molecule has 3 heteroatoms. The number of rotatable bonds is 5. The minimum Gasteiger partial charge on any atom is -0.313 e. The number of hydrogen-bond donors (Lipinski definition) is 1. The molecule has 100 valence electrons. The Kier molecular flexibility index (Phi) is 5.54. The van der Waals surface area contributed by atoms with Crippen molar-refractivity contribution in [2.45, 2.75) is 24.6 Å². The maximum Gasteiger partial charge on any atom is 0.0329 e. The van der Waals surface area contributed by atoms with Crippen molar-refractivity contribution in [2.24, 2.45) is 0 Å². The largest absolute Gasteiger partial charge is 0.313 e. The third kappa shape index (κ3) is 4.01. The smallest absolute Gasteiger partial charge is 0.0329 e. The first-order chi connectivity index (χ1) is 8.79. The first kappa shape index (κ1) is 13.9. The van der Waals surface area contributed by atoms with Crippen molar-refractivity contribution < 1.29 is 0 Å². The van der Waals surface area contributed by atoms with Crippen LogP contribution in [0.3, 0.4) is 0 Å². The second kappa shape index (κ2) is 7.17. The summed E-state index contributed by atoms with van der Waals surface area (Å²) in [5.41, 5.74) is 1.40. The van der Waals surface area contributed by atoms with Crippen molar-refractivity contribution in [2.75, 3.05) is 32.4 Å². The van der Waals surface area contributed by atoms with Crippen LogP contribution in [-0.2, 0) is 0 Å². The second-order valence-electron chi connectivity index (χ2n) is 5.02. The van der Waals surface area contributed by atoms with Gasteiger partial charge in [0.05, 0.1) is 0 Å². The standard InChI is InChI=1S/C15H24N2S/c1-13-12-17(10-11-18-13)9-8-15(16-2)14-6-4-3-5-7-14/h3-7,13,15-16H,8-12H2,1-2H3. The minimum absolute atomic E-state index is 0.482. The van der Waals surface area contributed by atoms with Crippen LogP contribution in [0.1, 0.15) is 24.9 Å². The van der Waals surface area contributed by atoms with E-state index >= 15 is 0 Å². The lowest BCUT2D eigenvalue weighted by Crippen LogP contribution is -2.38. The van der Waals surface area contributed by atoms with Gasteiger partial charge >= 0.3 is 0 Å². The van der Waals surface area contributed by atoms with Crippen LogP contribution in [0.15, 0.2) is 30.3 Å². The van der Waals surface area contributed by atoms with E-state index in [0.29, 0.717) is 6.04 Å². The Labute approximate surface area is 115 Å². The molecule has 0 amide bonds. The van der Waals surface area contributed by atoms with E-state index in [1.54, 1.807) is 0 Å². The SMILES string of the molecule is CNC(CCN1CCSC(C)C1)c1ccccc1. The van der Waals surface area contributed by atoms with Crippen molar-refractivity contribution in [3.8, 4) is 0 Å². The molecular weight excluding hydrogens is 240 g/mol. The molecule has 1 aromatic carbocycles. The fourth-order valence-electron chi connectivity index (χ4n) is 2.57. The predicted molar refractivity (Wildman–Crippen MR) is 81.2 cm³/mol. The van der Waals surface area contributed by atoms with Gasteiger partial charge in [-0.05, 0) is 19.0 Å². The molecular formula is C15H24N2S. The molecule has 1 aromatic rings. The molecule has 2 unspecified atom stereocenters. The van der Waals surface area contributed by atoms with E-state index in [4.69, 9.17) is 0 Å². The molecule has 1 aliphatic rings. The summed E-state index contributed by atoms with van der Waals surface area (Å²) in [6, 6.07) is 11.3. The van der Waals surface area contributed by atoms with Gasteiger partial charge in [0.1, 0.15) is 0 Å². The summed E-state index contributed by atoms with van der Waals surface area (Å²) in [6.45, 7) is 6.03. The summed E-state index contributed by atoms with van der Waals surface area (Å²) in [4.78, 5) is 2.61. The Morgan fingerprint density at radius 3 is 2.83 bits per heavy atom. The van der Waals surface area contributed by atoms with Crippen LogP contribution in [0, 0.1) is 0 Å². The molecule has 1 fully saturated rings. The molecule has 1 aliphatic heterocycles. The van der Waals surface area contributed by atoms with Gasteiger partial charge in [-0.3, -0.25) is 0 Å². The first-order valence-electron chi connectivity index (χ1n) is 6.85. The van der Waals surface area contributed by atoms with E-state index in [2.05, 4.69) is 66.3 Å². The summed E-state index contributed by atoms with van der Waals surface area (Å²) in [6.07, 6.45) is 1.19. The normalized spacial score (nSPS) is 22.9. The predicted octanol–water partition coefficient (Wildman–Crippen LogP) is 2.77. The van der Waals surface area contributed by atoms with Gasteiger partial charge < -0.3 is 10.2 Å². The molecule has 2 atom stereocenters. The Hall–Kier alpha value is -0.510. The van der Waals surface area contributed by atoms with Crippen molar-refractivity contribution in [1.82, 2.24) is 10.2 Å². The van der Waals surface area contributed by atoms with Crippen LogP contribution >= 0.6 is 11.8 Å². The highest BCUT2D eigenvalue weighted by molar-refractivity contribution is 7.99. The molecule has 2 nitrogen and oxygen atoms in total. The van der Waals surface area contributed by atoms with E-state index < -0.39 is 0 Å². The average Bonchev–Trinajstić information content (AvgIpc) is 2.41. The molecule has 0 aromatic heterocycles. The van der Waals surface area contributed by atoms with Gasteiger partial charge in [-0.25, -0.2) is 0 Å². The van der Waals surface area contributed by atoms with E-state index in [-0.39, 0.29) is 0 Å². The molecule has 1 N–H and O–H groups in total.